The van der Waals surface area contributed by atoms with Gasteiger partial charge in [0.15, 0.2) is 0 Å². The first-order valence-corrected chi connectivity index (χ1v) is 9.64. The smallest absolute Gasteiger partial charge is 0.241 e. The molecule has 7 nitrogen and oxygen atoms in total. The summed E-state index contributed by atoms with van der Waals surface area (Å²) in [5.41, 5.74) is 0.960. The molecule has 1 amide bonds. The average molecular weight is 368 g/mol. The highest BCUT2D eigenvalue weighted by atomic mass is 32.2. The summed E-state index contributed by atoms with van der Waals surface area (Å²) in [5.74, 6) is -0.160. The number of aryl methyl sites for hydroxylation is 1. The van der Waals surface area contributed by atoms with E-state index in [4.69, 9.17) is 4.74 Å². The molecule has 3 atom stereocenters. The molecule has 8 heteroatoms. The third-order valence-electron chi connectivity index (χ3n) is 3.85. The fourth-order valence-corrected chi connectivity index (χ4v) is 3.75. The molecule has 0 aromatic heterocycles. The van der Waals surface area contributed by atoms with Gasteiger partial charge in [0.25, 0.3) is 0 Å². The molecule has 0 bridgehead atoms. The minimum atomic E-state index is -3.74. The Labute approximate surface area is 148 Å². The van der Waals surface area contributed by atoms with E-state index in [-0.39, 0.29) is 23.8 Å². The van der Waals surface area contributed by atoms with E-state index in [0.717, 1.165) is 5.56 Å². The Morgan fingerprint density at radius 1 is 1.24 bits per heavy atom. The van der Waals surface area contributed by atoms with Crippen molar-refractivity contribution in [2.24, 2.45) is 0 Å². The van der Waals surface area contributed by atoms with E-state index in [1.807, 2.05) is 13.8 Å². The number of nitrogens with one attached hydrogen (secondary N) is 2. The number of carbonyl (C=O) groups is 1. The Kier molecular flexibility index (Phi) is 6.71. The van der Waals surface area contributed by atoms with Crippen LogP contribution >= 0.6 is 0 Å². The minimum Gasteiger partial charge on any atom is -0.394 e. The van der Waals surface area contributed by atoms with E-state index >= 15 is 0 Å². The van der Waals surface area contributed by atoms with Crippen LogP contribution in [0.1, 0.15) is 18.9 Å². The molecule has 3 N–H and O–H groups in total. The van der Waals surface area contributed by atoms with Crippen LogP contribution in [0, 0.1) is 6.92 Å². The van der Waals surface area contributed by atoms with Gasteiger partial charge in [-0.3, -0.25) is 4.79 Å². The molecule has 1 aliphatic heterocycles. The summed E-state index contributed by atoms with van der Waals surface area (Å²) in [6.07, 6.45) is 2.13. The van der Waals surface area contributed by atoms with Crippen LogP contribution in [0.3, 0.4) is 0 Å². The maximum absolute atomic E-state index is 12.5. The molecule has 0 fully saturated rings. The van der Waals surface area contributed by atoms with Gasteiger partial charge >= 0.3 is 0 Å². The van der Waals surface area contributed by atoms with Crippen molar-refractivity contribution in [3.05, 3.63) is 42.0 Å². The van der Waals surface area contributed by atoms with Crippen molar-refractivity contribution < 1.29 is 23.1 Å². The molecule has 1 heterocycles. The first-order chi connectivity index (χ1) is 11.9. The zero-order valence-electron chi connectivity index (χ0n) is 14.3. The van der Waals surface area contributed by atoms with Crippen LogP contribution in [0.15, 0.2) is 41.3 Å². The largest absolute Gasteiger partial charge is 0.394 e. The number of ether oxygens (including phenoxy) is 1. The van der Waals surface area contributed by atoms with Gasteiger partial charge in [0.05, 0.1) is 30.1 Å². The van der Waals surface area contributed by atoms with Crippen molar-refractivity contribution in [1.82, 2.24) is 10.0 Å². The lowest BCUT2D eigenvalue weighted by Gasteiger charge is -2.31. The van der Waals surface area contributed by atoms with E-state index in [1.165, 1.54) is 12.1 Å². The van der Waals surface area contributed by atoms with Crippen molar-refractivity contribution >= 4 is 15.9 Å². The molecule has 25 heavy (non-hydrogen) atoms. The first kappa shape index (κ1) is 19.6. The van der Waals surface area contributed by atoms with Gasteiger partial charge in [0.2, 0.25) is 15.9 Å². The lowest BCUT2D eigenvalue weighted by molar-refractivity contribution is -0.125. The van der Waals surface area contributed by atoms with Gasteiger partial charge < -0.3 is 15.2 Å². The van der Waals surface area contributed by atoms with E-state index in [1.54, 1.807) is 24.3 Å². The molecule has 0 radical (unpaired) electrons. The van der Waals surface area contributed by atoms with Crippen LogP contribution in [0.2, 0.25) is 0 Å². The molecular weight excluding hydrogens is 344 g/mol. The van der Waals surface area contributed by atoms with Crippen molar-refractivity contribution in [1.29, 1.82) is 0 Å². The second-order valence-electron chi connectivity index (χ2n) is 5.90. The first-order valence-electron chi connectivity index (χ1n) is 8.16. The molecular formula is C17H24N2O5S. The van der Waals surface area contributed by atoms with E-state index < -0.39 is 28.3 Å². The summed E-state index contributed by atoms with van der Waals surface area (Å²) in [5, 5.41) is 12.2. The highest BCUT2D eigenvalue weighted by Gasteiger charge is 2.31. The van der Waals surface area contributed by atoms with E-state index in [2.05, 4.69) is 10.0 Å². The van der Waals surface area contributed by atoms with Gasteiger partial charge in [-0.05, 0) is 26.0 Å². The molecule has 0 unspecified atom stereocenters. The molecule has 1 aliphatic rings. The number of aliphatic hydroxyl groups is 1. The second-order valence-corrected chi connectivity index (χ2v) is 7.61. The average Bonchev–Trinajstić information content (AvgIpc) is 2.56. The quantitative estimate of drug-likeness (QED) is 0.608. The third kappa shape index (κ3) is 5.37. The summed E-state index contributed by atoms with van der Waals surface area (Å²) in [4.78, 5) is 11.8. The second kappa shape index (κ2) is 8.57. The topological polar surface area (TPSA) is 105 Å². The number of sulfonamides is 1. The molecule has 2 rings (SSSR count). The SMILES string of the molecule is CCNC(=O)C[C@@H]1C=C[C@H](NS(=O)(=O)c2ccc(C)cc2)[C@@H](CO)O1. The van der Waals surface area contributed by atoms with Gasteiger partial charge in [0.1, 0.15) is 6.10 Å². The third-order valence-corrected chi connectivity index (χ3v) is 5.32. The number of rotatable bonds is 7. The number of benzene rings is 1. The van der Waals surface area contributed by atoms with Gasteiger partial charge in [-0.1, -0.05) is 29.8 Å². The predicted octanol–water partition coefficient (Wildman–Crippen LogP) is 0.484. The van der Waals surface area contributed by atoms with E-state index in [9.17, 15) is 18.3 Å². The summed E-state index contributed by atoms with van der Waals surface area (Å²) >= 11 is 0. The number of carbonyl (C=O) groups excluding carboxylic acids is 1. The Balaban J connectivity index is 2.08. The number of hydrogen-bond donors (Lipinski definition) is 3. The van der Waals surface area contributed by atoms with Crippen molar-refractivity contribution in [3.8, 4) is 0 Å². The van der Waals surface area contributed by atoms with Crippen molar-refractivity contribution in [2.75, 3.05) is 13.2 Å². The summed E-state index contributed by atoms with van der Waals surface area (Å²) in [6.45, 7) is 3.86. The summed E-state index contributed by atoms with van der Waals surface area (Å²) in [6, 6.07) is 5.77. The number of amides is 1. The summed E-state index contributed by atoms with van der Waals surface area (Å²) < 4.78 is 33.1. The molecule has 0 saturated carbocycles. The Morgan fingerprint density at radius 2 is 1.92 bits per heavy atom. The lowest BCUT2D eigenvalue weighted by atomic mass is 10.1. The maximum atomic E-state index is 12.5. The van der Waals surface area contributed by atoms with Crippen molar-refractivity contribution in [3.63, 3.8) is 0 Å². The van der Waals surface area contributed by atoms with Crippen LogP contribution in [0.25, 0.3) is 0 Å². The van der Waals surface area contributed by atoms with Crippen LogP contribution in [0.4, 0.5) is 0 Å². The minimum absolute atomic E-state index is 0.123. The van der Waals surface area contributed by atoms with Gasteiger partial charge in [-0.25, -0.2) is 13.1 Å². The zero-order valence-corrected chi connectivity index (χ0v) is 15.1. The van der Waals surface area contributed by atoms with Crippen molar-refractivity contribution in [2.45, 2.75) is 43.4 Å². The zero-order chi connectivity index (χ0) is 18.4. The Morgan fingerprint density at radius 3 is 2.52 bits per heavy atom. The van der Waals surface area contributed by atoms with Gasteiger partial charge in [-0.15, -0.1) is 0 Å². The molecule has 1 aromatic carbocycles. The fourth-order valence-electron chi connectivity index (χ4n) is 2.53. The van der Waals surface area contributed by atoms with Crippen LogP contribution in [0.5, 0.6) is 0 Å². The summed E-state index contributed by atoms with van der Waals surface area (Å²) in [7, 11) is -3.74. The molecule has 0 spiro atoms. The standard InChI is InChI=1S/C17H24N2O5S/c1-3-18-17(21)10-13-6-9-15(16(11-20)24-13)19-25(22,23)14-7-4-12(2)5-8-14/h4-9,13,15-16,19-20H,3,10-11H2,1-2H3,(H,18,21)/t13-,15-,16+/m0/s1. The highest BCUT2D eigenvalue weighted by molar-refractivity contribution is 7.89. The molecule has 138 valence electrons. The lowest BCUT2D eigenvalue weighted by Crippen LogP contribution is -2.49. The monoisotopic (exact) mass is 368 g/mol. The van der Waals surface area contributed by atoms with Gasteiger partial charge in [0, 0.05) is 6.54 Å². The van der Waals surface area contributed by atoms with Gasteiger partial charge in [-0.2, -0.15) is 0 Å². The Hall–Kier alpha value is -1.74. The number of hydrogen-bond acceptors (Lipinski definition) is 5. The van der Waals surface area contributed by atoms with E-state index in [0.29, 0.717) is 6.54 Å². The van der Waals surface area contributed by atoms with Crippen LogP contribution < -0.4 is 10.0 Å². The normalized spacial score (nSPS) is 23.4. The Bertz CT molecular complexity index is 715. The number of aliphatic hydroxyl groups excluding tert-OH is 1. The molecule has 1 aromatic rings. The predicted molar refractivity (Wildman–Crippen MR) is 93.5 cm³/mol. The molecule has 0 saturated heterocycles. The maximum Gasteiger partial charge on any atom is 0.241 e. The van der Waals surface area contributed by atoms with Crippen LogP contribution in [-0.4, -0.2) is 50.8 Å². The fraction of sp³-hybridized carbons (Fsp3) is 0.471. The molecule has 0 aliphatic carbocycles. The highest BCUT2D eigenvalue weighted by Crippen LogP contribution is 2.18. The van der Waals surface area contributed by atoms with Crippen LogP contribution in [-0.2, 0) is 19.6 Å².